The first-order valence-corrected chi connectivity index (χ1v) is 3.88. The van der Waals surface area contributed by atoms with Gasteiger partial charge in [-0.25, -0.2) is 0 Å². The SMILES string of the molecule is CC1(C)CCC(C)(C(=O)O)N1. The van der Waals surface area contributed by atoms with E-state index in [1.165, 1.54) is 0 Å². The molecule has 0 aromatic rings. The maximum Gasteiger partial charge on any atom is 0.323 e. The minimum atomic E-state index is -0.747. The van der Waals surface area contributed by atoms with E-state index in [1.54, 1.807) is 6.92 Å². The van der Waals surface area contributed by atoms with Crippen molar-refractivity contribution in [2.24, 2.45) is 0 Å². The summed E-state index contributed by atoms with van der Waals surface area (Å²) in [5.41, 5.74) is -0.726. The van der Waals surface area contributed by atoms with Crippen molar-refractivity contribution in [2.45, 2.75) is 44.7 Å². The Balaban J connectivity index is 2.73. The van der Waals surface area contributed by atoms with E-state index in [9.17, 15) is 4.79 Å². The molecule has 3 heteroatoms. The Bertz CT molecular complexity index is 189. The fraction of sp³-hybridized carbons (Fsp3) is 0.875. The molecule has 1 unspecified atom stereocenters. The Labute approximate surface area is 66.8 Å². The summed E-state index contributed by atoms with van der Waals surface area (Å²) in [5.74, 6) is -0.747. The predicted molar refractivity (Wildman–Crippen MR) is 42.5 cm³/mol. The van der Waals surface area contributed by atoms with Crippen molar-refractivity contribution in [2.75, 3.05) is 0 Å². The van der Waals surface area contributed by atoms with Gasteiger partial charge in [-0.2, -0.15) is 0 Å². The van der Waals surface area contributed by atoms with Gasteiger partial charge in [-0.1, -0.05) is 0 Å². The molecule has 1 heterocycles. The number of carbonyl (C=O) groups is 1. The van der Waals surface area contributed by atoms with Crippen molar-refractivity contribution in [3.63, 3.8) is 0 Å². The molecule has 64 valence electrons. The molecule has 1 rings (SSSR count). The summed E-state index contributed by atoms with van der Waals surface area (Å²) in [6, 6.07) is 0. The molecule has 2 N–H and O–H groups in total. The molecule has 0 aromatic carbocycles. The average Bonchev–Trinajstić information content (AvgIpc) is 2.08. The lowest BCUT2D eigenvalue weighted by molar-refractivity contribution is -0.143. The Morgan fingerprint density at radius 2 is 1.91 bits per heavy atom. The van der Waals surface area contributed by atoms with Gasteiger partial charge in [-0.05, 0) is 33.6 Å². The molecule has 3 nitrogen and oxygen atoms in total. The standard InChI is InChI=1S/C8H15NO2/c1-7(2)4-5-8(3,9-7)6(10)11/h9H,4-5H2,1-3H3,(H,10,11). The van der Waals surface area contributed by atoms with Crippen molar-refractivity contribution in [3.05, 3.63) is 0 Å². The van der Waals surface area contributed by atoms with Crippen molar-refractivity contribution in [1.82, 2.24) is 5.32 Å². The summed E-state index contributed by atoms with van der Waals surface area (Å²) >= 11 is 0. The molecule has 0 aromatic heterocycles. The quantitative estimate of drug-likeness (QED) is 0.596. The van der Waals surface area contributed by atoms with Gasteiger partial charge in [0.05, 0.1) is 0 Å². The van der Waals surface area contributed by atoms with E-state index < -0.39 is 11.5 Å². The summed E-state index contributed by atoms with van der Waals surface area (Å²) in [6.45, 7) is 5.80. The van der Waals surface area contributed by atoms with E-state index in [-0.39, 0.29) is 5.54 Å². The second kappa shape index (κ2) is 2.21. The molecule has 1 aliphatic heterocycles. The van der Waals surface area contributed by atoms with Crippen LogP contribution in [0.5, 0.6) is 0 Å². The molecule has 0 radical (unpaired) electrons. The van der Waals surface area contributed by atoms with Crippen LogP contribution in [0.4, 0.5) is 0 Å². The van der Waals surface area contributed by atoms with E-state index in [1.807, 2.05) is 13.8 Å². The third-order valence-electron chi connectivity index (χ3n) is 2.34. The van der Waals surface area contributed by atoms with Crippen LogP contribution in [0.2, 0.25) is 0 Å². The van der Waals surface area contributed by atoms with Crippen LogP contribution in [0.3, 0.4) is 0 Å². The topological polar surface area (TPSA) is 49.3 Å². The Morgan fingerprint density at radius 3 is 2.09 bits per heavy atom. The van der Waals surface area contributed by atoms with E-state index >= 15 is 0 Å². The number of carboxylic acid groups (broad SMARTS) is 1. The monoisotopic (exact) mass is 157 g/mol. The van der Waals surface area contributed by atoms with Crippen molar-refractivity contribution in [3.8, 4) is 0 Å². The minimum absolute atomic E-state index is 0.0207. The molecule has 1 fully saturated rings. The molecule has 1 aliphatic rings. The van der Waals surface area contributed by atoms with Crippen LogP contribution in [0, 0.1) is 0 Å². The lowest BCUT2D eigenvalue weighted by Crippen LogP contribution is -2.50. The highest BCUT2D eigenvalue weighted by molar-refractivity contribution is 5.78. The number of aliphatic carboxylic acids is 1. The van der Waals surface area contributed by atoms with Gasteiger partial charge in [0.15, 0.2) is 0 Å². The molecule has 11 heavy (non-hydrogen) atoms. The molecule has 0 spiro atoms. The second-order valence-corrected chi connectivity index (χ2v) is 4.15. The van der Waals surface area contributed by atoms with Crippen LogP contribution in [0.15, 0.2) is 0 Å². The molecular formula is C8H15NO2. The van der Waals surface area contributed by atoms with Crippen molar-refractivity contribution in [1.29, 1.82) is 0 Å². The minimum Gasteiger partial charge on any atom is -0.480 e. The summed E-state index contributed by atoms with van der Waals surface area (Å²) in [5, 5.41) is 11.9. The Morgan fingerprint density at radius 1 is 1.36 bits per heavy atom. The number of hydrogen-bond acceptors (Lipinski definition) is 2. The lowest BCUT2D eigenvalue weighted by atomic mass is 9.99. The number of hydrogen-bond donors (Lipinski definition) is 2. The van der Waals surface area contributed by atoms with E-state index in [0.717, 1.165) is 12.8 Å². The molecule has 0 aliphatic carbocycles. The van der Waals surface area contributed by atoms with Gasteiger partial charge in [0.2, 0.25) is 0 Å². The zero-order chi connectivity index (χ0) is 8.70. The molecule has 0 amide bonds. The van der Waals surface area contributed by atoms with Crippen LogP contribution >= 0.6 is 0 Å². The molecule has 1 atom stereocenters. The average molecular weight is 157 g/mol. The molecule has 1 saturated heterocycles. The summed E-state index contributed by atoms with van der Waals surface area (Å²) in [7, 11) is 0. The van der Waals surface area contributed by atoms with Gasteiger partial charge in [-0.3, -0.25) is 10.1 Å². The zero-order valence-corrected chi connectivity index (χ0v) is 7.27. The number of carboxylic acids is 1. The first-order valence-electron chi connectivity index (χ1n) is 3.88. The highest BCUT2D eigenvalue weighted by Gasteiger charge is 2.44. The maximum atomic E-state index is 10.7. The van der Waals surface area contributed by atoms with Crippen molar-refractivity contribution < 1.29 is 9.90 Å². The van der Waals surface area contributed by atoms with Crippen LogP contribution in [-0.2, 0) is 4.79 Å². The summed E-state index contributed by atoms with van der Waals surface area (Å²) < 4.78 is 0. The van der Waals surface area contributed by atoms with Crippen LogP contribution < -0.4 is 5.32 Å². The van der Waals surface area contributed by atoms with E-state index in [4.69, 9.17) is 5.11 Å². The van der Waals surface area contributed by atoms with Crippen LogP contribution in [-0.4, -0.2) is 22.2 Å². The lowest BCUT2D eigenvalue weighted by Gasteiger charge is -2.24. The third kappa shape index (κ3) is 1.53. The predicted octanol–water partition coefficient (Wildman–Crippen LogP) is 0.992. The highest BCUT2D eigenvalue weighted by atomic mass is 16.4. The normalized spacial score (nSPS) is 35.5. The van der Waals surface area contributed by atoms with Gasteiger partial charge in [-0.15, -0.1) is 0 Å². The van der Waals surface area contributed by atoms with Gasteiger partial charge in [0.25, 0.3) is 0 Å². The summed E-state index contributed by atoms with van der Waals surface area (Å²) in [6.07, 6.45) is 1.64. The first-order chi connectivity index (χ1) is 4.86. The first kappa shape index (κ1) is 8.53. The highest BCUT2D eigenvalue weighted by Crippen LogP contribution is 2.29. The fourth-order valence-electron chi connectivity index (χ4n) is 1.59. The van der Waals surface area contributed by atoms with Gasteiger partial charge >= 0.3 is 5.97 Å². The second-order valence-electron chi connectivity index (χ2n) is 4.15. The smallest absolute Gasteiger partial charge is 0.323 e. The molecule has 0 bridgehead atoms. The fourth-order valence-corrected chi connectivity index (χ4v) is 1.59. The number of nitrogens with one attached hydrogen (secondary N) is 1. The molecule has 0 saturated carbocycles. The van der Waals surface area contributed by atoms with Crippen molar-refractivity contribution >= 4 is 5.97 Å². The molecular weight excluding hydrogens is 142 g/mol. The van der Waals surface area contributed by atoms with Crippen LogP contribution in [0.25, 0.3) is 0 Å². The van der Waals surface area contributed by atoms with Crippen LogP contribution in [0.1, 0.15) is 33.6 Å². The Kier molecular flexibility index (Phi) is 1.71. The van der Waals surface area contributed by atoms with Gasteiger partial charge in [0.1, 0.15) is 5.54 Å². The third-order valence-corrected chi connectivity index (χ3v) is 2.34. The van der Waals surface area contributed by atoms with Gasteiger partial charge in [0, 0.05) is 5.54 Å². The van der Waals surface area contributed by atoms with E-state index in [2.05, 4.69) is 5.32 Å². The largest absolute Gasteiger partial charge is 0.480 e. The van der Waals surface area contributed by atoms with Gasteiger partial charge < -0.3 is 5.11 Å². The maximum absolute atomic E-state index is 10.7. The van der Waals surface area contributed by atoms with E-state index in [0.29, 0.717) is 0 Å². The summed E-state index contributed by atoms with van der Waals surface area (Å²) in [4.78, 5) is 10.7. The Hall–Kier alpha value is -0.570. The zero-order valence-electron chi connectivity index (χ0n) is 7.27. The number of rotatable bonds is 1.